The zero-order valence-corrected chi connectivity index (χ0v) is 19.3. The number of aliphatic imine (C=N–C) groups is 1. The third-order valence-corrected chi connectivity index (χ3v) is 5.96. The van der Waals surface area contributed by atoms with Crippen LogP contribution in [0.2, 0.25) is 0 Å². The molecule has 1 heterocycles. The van der Waals surface area contributed by atoms with E-state index in [1.54, 1.807) is 0 Å². The highest BCUT2D eigenvalue weighted by Crippen LogP contribution is 2.26. The van der Waals surface area contributed by atoms with Gasteiger partial charge in [0.1, 0.15) is 0 Å². The van der Waals surface area contributed by atoms with Crippen molar-refractivity contribution in [3.8, 4) is 0 Å². The van der Waals surface area contributed by atoms with Crippen molar-refractivity contribution < 1.29 is 9.84 Å². The highest BCUT2D eigenvalue weighted by Gasteiger charge is 2.26. The Bertz CT molecular complexity index is 402. The Morgan fingerprint density at radius 2 is 1.73 bits per heavy atom. The van der Waals surface area contributed by atoms with E-state index in [2.05, 4.69) is 17.1 Å². The molecule has 0 aromatic heterocycles. The minimum absolute atomic E-state index is 0. The lowest BCUT2D eigenvalue weighted by atomic mass is 9.98. The van der Waals surface area contributed by atoms with Gasteiger partial charge in [-0.15, -0.1) is 24.0 Å². The summed E-state index contributed by atoms with van der Waals surface area (Å²) in [6.07, 6.45) is 9.51. The van der Waals surface area contributed by atoms with Crippen molar-refractivity contribution in [2.24, 2.45) is 10.9 Å². The molecule has 0 radical (unpaired) electrons. The van der Waals surface area contributed by atoms with Gasteiger partial charge in [0, 0.05) is 26.2 Å². The quantitative estimate of drug-likeness (QED) is 0.315. The topological polar surface area (TPSA) is 57.1 Å². The first-order valence-corrected chi connectivity index (χ1v) is 10.5. The van der Waals surface area contributed by atoms with E-state index in [1.165, 1.54) is 25.7 Å². The molecule has 1 saturated carbocycles. The maximum atomic E-state index is 10.5. The highest BCUT2D eigenvalue weighted by atomic mass is 127. The van der Waals surface area contributed by atoms with E-state index >= 15 is 0 Å². The van der Waals surface area contributed by atoms with E-state index in [4.69, 9.17) is 9.73 Å². The van der Waals surface area contributed by atoms with Gasteiger partial charge >= 0.3 is 0 Å². The van der Waals surface area contributed by atoms with Gasteiger partial charge in [0.15, 0.2) is 5.96 Å². The SMILES string of the molecule is CCNC(=NCC(O)(CC)CC)N1CCC(OCC2CCCC2)CC1.I. The zero-order chi connectivity index (χ0) is 18.1. The first kappa shape index (κ1) is 24.0. The van der Waals surface area contributed by atoms with E-state index in [9.17, 15) is 5.11 Å². The molecule has 0 aromatic rings. The van der Waals surface area contributed by atoms with Crippen LogP contribution >= 0.6 is 24.0 Å². The van der Waals surface area contributed by atoms with Gasteiger partial charge in [-0.1, -0.05) is 26.7 Å². The summed E-state index contributed by atoms with van der Waals surface area (Å²) in [5, 5.41) is 13.9. The maximum Gasteiger partial charge on any atom is 0.194 e. The third kappa shape index (κ3) is 7.50. The summed E-state index contributed by atoms with van der Waals surface area (Å²) in [6.45, 7) is 10.4. The summed E-state index contributed by atoms with van der Waals surface area (Å²) < 4.78 is 6.18. The van der Waals surface area contributed by atoms with Crippen molar-refractivity contribution in [2.45, 2.75) is 83.8 Å². The Balaban J connectivity index is 0.00000338. The van der Waals surface area contributed by atoms with Crippen LogP contribution in [0, 0.1) is 5.92 Å². The predicted octanol–water partition coefficient (Wildman–Crippen LogP) is 3.79. The Hall–Kier alpha value is -0.0800. The predicted molar refractivity (Wildman–Crippen MR) is 119 cm³/mol. The van der Waals surface area contributed by atoms with Crippen LogP contribution in [0.1, 0.15) is 72.1 Å². The lowest BCUT2D eigenvalue weighted by molar-refractivity contribution is 0.000776. The van der Waals surface area contributed by atoms with Crippen molar-refractivity contribution in [1.29, 1.82) is 0 Å². The fourth-order valence-corrected chi connectivity index (χ4v) is 3.80. The molecule has 2 rings (SSSR count). The molecule has 2 fully saturated rings. The van der Waals surface area contributed by atoms with Crippen molar-refractivity contribution in [2.75, 3.05) is 32.8 Å². The number of piperidine rings is 1. The molecule has 0 atom stereocenters. The van der Waals surface area contributed by atoms with Gasteiger partial charge in [0.05, 0.1) is 18.2 Å². The summed E-state index contributed by atoms with van der Waals surface area (Å²) in [7, 11) is 0. The molecular weight excluding hydrogens is 441 g/mol. The van der Waals surface area contributed by atoms with Crippen molar-refractivity contribution in [3.63, 3.8) is 0 Å². The molecule has 5 nitrogen and oxygen atoms in total. The molecule has 1 saturated heterocycles. The Morgan fingerprint density at radius 3 is 2.27 bits per heavy atom. The normalized spacial score (nSPS) is 20.3. The molecule has 1 aliphatic heterocycles. The second kappa shape index (κ2) is 12.4. The largest absolute Gasteiger partial charge is 0.388 e. The van der Waals surface area contributed by atoms with Crippen LogP contribution in [-0.4, -0.2) is 60.5 Å². The molecule has 0 amide bonds. The van der Waals surface area contributed by atoms with Gasteiger partial charge in [0.2, 0.25) is 0 Å². The zero-order valence-electron chi connectivity index (χ0n) is 17.0. The molecule has 26 heavy (non-hydrogen) atoms. The van der Waals surface area contributed by atoms with E-state index in [0.29, 0.717) is 12.6 Å². The third-order valence-electron chi connectivity index (χ3n) is 5.96. The van der Waals surface area contributed by atoms with Crippen LogP contribution in [-0.2, 0) is 4.74 Å². The summed E-state index contributed by atoms with van der Waals surface area (Å²) in [6, 6.07) is 0. The van der Waals surface area contributed by atoms with Crippen LogP contribution < -0.4 is 5.32 Å². The molecular formula is C20H40IN3O2. The smallest absolute Gasteiger partial charge is 0.194 e. The first-order chi connectivity index (χ1) is 12.1. The molecule has 6 heteroatoms. The number of hydrogen-bond acceptors (Lipinski definition) is 3. The average molecular weight is 481 g/mol. The summed E-state index contributed by atoms with van der Waals surface area (Å²) in [5.74, 6) is 1.75. The Kier molecular flexibility index (Phi) is 11.4. The van der Waals surface area contributed by atoms with Gasteiger partial charge in [-0.05, 0) is 51.4 Å². The van der Waals surface area contributed by atoms with Gasteiger partial charge in [-0.25, -0.2) is 0 Å². The van der Waals surface area contributed by atoms with Gasteiger partial charge < -0.3 is 20.1 Å². The highest BCUT2D eigenvalue weighted by molar-refractivity contribution is 14.0. The number of likely N-dealkylation sites (tertiary alicyclic amines) is 1. The van der Waals surface area contributed by atoms with Crippen LogP contribution in [0.3, 0.4) is 0 Å². The van der Waals surface area contributed by atoms with Crippen LogP contribution in [0.25, 0.3) is 0 Å². The summed E-state index contributed by atoms with van der Waals surface area (Å²) in [4.78, 5) is 7.05. The van der Waals surface area contributed by atoms with Crippen LogP contribution in [0.4, 0.5) is 0 Å². The molecule has 2 aliphatic rings. The number of nitrogens with one attached hydrogen (secondary N) is 1. The van der Waals surface area contributed by atoms with E-state index in [-0.39, 0.29) is 24.0 Å². The summed E-state index contributed by atoms with van der Waals surface area (Å²) in [5.41, 5.74) is -0.677. The number of ether oxygens (including phenoxy) is 1. The lowest BCUT2D eigenvalue weighted by Crippen LogP contribution is -2.48. The van der Waals surface area contributed by atoms with Crippen LogP contribution in [0.15, 0.2) is 4.99 Å². The summed E-state index contributed by atoms with van der Waals surface area (Å²) >= 11 is 0. The lowest BCUT2D eigenvalue weighted by Gasteiger charge is -2.35. The number of nitrogens with zero attached hydrogens (tertiary/aromatic N) is 2. The van der Waals surface area contributed by atoms with Gasteiger partial charge in [0.25, 0.3) is 0 Å². The van der Waals surface area contributed by atoms with Crippen LogP contribution in [0.5, 0.6) is 0 Å². The molecule has 0 bridgehead atoms. The average Bonchev–Trinajstić information content (AvgIpc) is 3.17. The van der Waals surface area contributed by atoms with E-state index in [0.717, 1.165) is 63.8 Å². The molecule has 0 aromatic carbocycles. The standard InChI is InChI=1S/C20H39N3O2.HI/c1-4-20(24,5-2)16-22-19(21-6-3)23-13-11-18(12-14-23)25-15-17-9-7-8-10-17;/h17-18,24H,4-16H2,1-3H3,(H,21,22);1H. The number of rotatable bonds is 8. The molecule has 1 aliphatic carbocycles. The van der Waals surface area contributed by atoms with Crippen molar-refractivity contribution in [1.82, 2.24) is 10.2 Å². The second-order valence-electron chi connectivity index (χ2n) is 7.77. The Morgan fingerprint density at radius 1 is 1.12 bits per heavy atom. The van der Waals surface area contributed by atoms with E-state index in [1.807, 2.05) is 13.8 Å². The number of aliphatic hydroxyl groups is 1. The molecule has 0 unspecified atom stereocenters. The Labute approximate surface area is 177 Å². The fraction of sp³-hybridized carbons (Fsp3) is 0.950. The first-order valence-electron chi connectivity index (χ1n) is 10.5. The fourth-order valence-electron chi connectivity index (χ4n) is 3.80. The number of guanidine groups is 1. The molecule has 2 N–H and O–H groups in total. The van der Waals surface area contributed by atoms with Gasteiger partial charge in [-0.3, -0.25) is 4.99 Å². The van der Waals surface area contributed by atoms with Crippen molar-refractivity contribution >= 4 is 29.9 Å². The second-order valence-corrected chi connectivity index (χ2v) is 7.77. The number of halogens is 1. The molecule has 154 valence electrons. The number of hydrogen-bond donors (Lipinski definition) is 2. The van der Waals surface area contributed by atoms with E-state index < -0.39 is 5.60 Å². The maximum absolute atomic E-state index is 10.5. The monoisotopic (exact) mass is 481 g/mol. The van der Waals surface area contributed by atoms with Gasteiger partial charge in [-0.2, -0.15) is 0 Å². The minimum atomic E-state index is -0.677. The minimum Gasteiger partial charge on any atom is -0.388 e. The van der Waals surface area contributed by atoms with Crippen molar-refractivity contribution in [3.05, 3.63) is 0 Å². The molecule has 0 spiro atoms.